The topological polar surface area (TPSA) is 46.3 Å². The number of benzene rings is 1. The summed E-state index contributed by atoms with van der Waals surface area (Å²) in [7, 11) is -0.658. The van der Waals surface area contributed by atoms with Gasteiger partial charge in [0.2, 0.25) is 0 Å². The molecule has 0 unspecified atom stereocenters. The Bertz CT molecular complexity index is 427. The maximum Gasteiger partial charge on any atom is 0.0642 e. The van der Waals surface area contributed by atoms with Gasteiger partial charge in [0.25, 0.3) is 0 Å². The van der Waals surface area contributed by atoms with Crippen molar-refractivity contribution in [3.63, 3.8) is 0 Å². The van der Waals surface area contributed by atoms with Crippen LogP contribution in [0.2, 0.25) is 5.02 Å². The molecule has 1 fully saturated rings. The molecule has 0 amide bonds. The maximum absolute atomic E-state index is 11.3. The lowest BCUT2D eigenvalue weighted by molar-refractivity contribution is 0.673. The molecule has 0 spiro atoms. The van der Waals surface area contributed by atoms with Crippen LogP contribution in [0.15, 0.2) is 18.2 Å². The summed E-state index contributed by atoms with van der Waals surface area (Å²) < 4.78 is 11.3. The lowest BCUT2D eigenvalue weighted by atomic mass is 10.1. The summed E-state index contributed by atoms with van der Waals surface area (Å²) >= 11 is 6.27. The van der Waals surface area contributed by atoms with E-state index < -0.39 is 10.8 Å². The highest BCUT2D eigenvalue weighted by Crippen LogP contribution is 2.29. The van der Waals surface area contributed by atoms with Crippen molar-refractivity contribution in [2.75, 3.05) is 29.5 Å². The van der Waals surface area contributed by atoms with Gasteiger partial charge in [-0.05, 0) is 24.6 Å². The van der Waals surface area contributed by atoms with Crippen LogP contribution in [0.1, 0.15) is 18.5 Å². The van der Waals surface area contributed by atoms with E-state index in [-0.39, 0.29) is 6.04 Å². The van der Waals surface area contributed by atoms with Gasteiger partial charge >= 0.3 is 0 Å². The lowest BCUT2D eigenvalue weighted by Gasteiger charge is -2.29. The molecule has 1 aromatic carbocycles. The highest BCUT2D eigenvalue weighted by molar-refractivity contribution is 7.85. The molecular formula is C12H17ClN2OS. The zero-order chi connectivity index (χ0) is 12.4. The lowest BCUT2D eigenvalue weighted by Crippen LogP contribution is -2.37. The monoisotopic (exact) mass is 272 g/mol. The number of nitrogens with zero attached hydrogens (tertiary/aromatic N) is 1. The van der Waals surface area contributed by atoms with Crippen LogP contribution >= 0.6 is 11.6 Å². The third-order valence-electron chi connectivity index (χ3n) is 3.02. The minimum Gasteiger partial charge on any atom is -0.368 e. The Morgan fingerprint density at radius 3 is 2.59 bits per heavy atom. The van der Waals surface area contributed by atoms with Crippen molar-refractivity contribution < 1.29 is 4.21 Å². The van der Waals surface area contributed by atoms with Crippen LogP contribution < -0.4 is 10.6 Å². The third kappa shape index (κ3) is 3.00. The first-order valence-corrected chi connectivity index (χ1v) is 7.59. The summed E-state index contributed by atoms with van der Waals surface area (Å²) in [5, 5.41) is 0.729. The van der Waals surface area contributed by atoms with Gasteiger partial charge in [0.15, 0.2) is 0 Å². The molecule has 1 aliphatic heterocycles. The molecule has 0 aliphatic carbocycles. The first kappa shape index (κ1) is 12.9. The highest BCUT2D eigenvalue weighted by Gasteiger charge is 2.17. The van der Waals surface area contributed by atoms with Crippen molar-refractivity contribution in [3.05, 3.63) is 28.8 Å². The molecule has 1 aliphatic rings. The summed E-state index contributed by atoms with van der Waals surface area (Å²) in [5.74, 6) is 1.46. The molecule has 0 bridgehead atoms. The van der Waals surface area contributed by atoms with E-state index in [2.05, 4.69) is 4.90 Å². The van der Waals surface area contributed by atoms with Crippen LogP contribution in [0.4, 0.5) is 5.69 Å². The molecule has 94 valence electrons. The SMILES string of the molecule is C[C@@H](N)c1ccc(N2CCS(=O)CC2)c(Cl)c1. The van der Waals surface area contributed by atoms with Crippen LogP contribution in [-0.2, 0) is 10.8 Å². The Morgan fingerprint density at radius 2 is 2.06 bits per heavy atom. The molecule has 1 atom stereocenters. The van der Waals surface area contributed by atoms with E-state index in [1.807, 2.05) is 25.1 Å². The standard InChI is InChI=1S/C12H17ClN2OS/c1-9(14)10-2-3-12(11(13)8-10)15-4-6-17(16)7-5-15/h2-3,8-9H,4-7,14H2,1H3/t9-/m1/s1. The van der Waals surface area contributed by atoms with Gasteiger partial charge in [-0.2, -0.15) is 0 Å². The second kappa shape index (κ2) is 5.38. The zero-order valence-corrected chi connectivity index (χ0v) is 11.4. The molecule has 0 aromatic heterocycles. The second-order valence-corrected chi connectivity index (χ2v) is 6.44. The molecule has 1 aromatic rings. The van der Waals surface area contributed by atoms with E-state index in [1.54, 1.807) is 0 Å². The molecule has 17 heavy (non-hydrogen) atoms. The third-order valence-corrected chi connectivity index (χ3v) is 4.59. The number of nitrogens with two attached hydrogens (primary N) is 1. The summed E-state index contributed by atoms with van der Waals surface area (Å²) in [4.78, 5) is 2.19. The Balaban J connectivity index is 2.19. The van der Waals surface area contributed by atoms with E-state index in [1.165, 1.54) is 0 Å². The second-order valence-electron chi connectivity index (χ2n) is 4.33. The van der Waals surface area contributed by atoms with Gasteiger partial charge in [-0.1, -0.05) is 17.7 Å². The van der Waals surface area contributed by atoms with Crippen LogP contribution in [-0.4, -0.2) is 28.8 Å². The van der Waals surface area contributed by atoms with Gasteiger partial charge in [0.1, 0.15) is 0 Å². The first-order valence-electron chi connectivity index (χ1n) is 5.73. The first-order chi connectivity index (χ1) is 8.08. The van der Waals surface area contributed by atoms with Crippen molar-refractivity contribution in [2.45, 2.75) is 13.0 Å². The van der Waals surface area contributed by atoms with E-state index in [4.69, 9.17) is 17.3 Å². The van der Waals surface area contributed by atoms with Crippen LogP contribution in [0, 0.1) is 0 Å². The summed E-state index contributed by atoms with van der Waals surface area (Å²) in [6.07, 6.45) is 0. The number of hydrogen-bond acceptors (Lipinski definition) is 3. The molecular weight excluding hydrogens is 256 g/mol. The predicted molar refractivity (Wildman–Crippen MR) is 74.1 cm³/mol. The number of halogens is 1. The van der Waals surface area contributed by atoms with Gasteiger partial charge in [-0.3, -0.25) is 4.21 Å². The molecule has 3 nitrogen and oxygen atoms in total. The number of rotatable bonds is 2. The largest absolute Gasteiger partial charge is 0.368 e. The van der Waals surface area contributed by atoms with Crippen molar-refractivity contribution >= 4 is 28.1 Å². The van der Waals surface area contributed by atoms with Crippen molar-refractivity contribution in [1.29, 1.82) is 0 Å². The summed E-state index contributed by atoms with van der Waals surface area (Å²) in [6.45, 7) is 3.56. The molecule has 2 rings (SSSR count). The van der Waals surface area contributed by atoms with Crippen LogP contribution in [0.5, 0.6) is 0 Å². The van der Waals surface area contributed by atoms with Gasteiger partial charge in [0.05, 0.1) is 10.7 Å². The normalized spacial score (nSPS) is 19.4. The molecule has 0 saturated carbocycles. The Hall–Kier alpha value is -0.580. The minimum atomic E-state index is -0.658. The fraction of sp³-hybridized carbons (Fsp3) is 0.500. The Labute approximate surface area is 109 Å². The number of anilines is 1. The van der Waals surface area contributed by atoms with Gasteiger partial charge in [0, 0.05) is 41.4 Å². The predicted octanol–water partition coefficient (Wildman–Crippen LogP) is 1.93. The molecule has 1 heterocycles. The van der Waals surface area contributed by atoms with Crippen molar-refractivity contribution in [3.8, 4) is 0 Å². The van der Waals surface area contributed by atoms with Crippen molar-refractivity contribution in [1.82, 2.24) is 0 Å². The maximum atomic E-state index is 11.3. The molecule has 2 N–H and O–H groups in total. The summed E-state index contributed by atoms with van der Waals surface area (Å²) in [5.41, 5.74) is 7.88. The van der Waals surface area contributed by atoms with E-state index in [0.717, 1.165) is 40.9 Å². The average molecular weight is 273 g/mol. The number of hydrogen-bond donors (Lipinski definition) is 1. The fourth-order valence-corrected chi connectivity index (χ4v) is 3.30. The quantitative estimate of drug-likeness (QED) is 0.895. The van der Waals surface area contributed by atoms with E-state index in [9.17, 15) is 4.21 Å². The Morgan fingerprint density at radius 1 is 1.41 bits per heavy atom. The van der Waals surface area contributed by atoms with E-state index in [0.29, 0.717) is 0 Å². The molecule has 0 radical (unpaired) electrons. The Kier molecular flexibility index (Phi) is 4.07. The highest BCUT2D eigenvalue weighted by atomic mass is 35.5. The molecule has 1 saturated heterocycles. The van der Waals surface area contributed by atoms with Crippen LogP contribution in [0.3, 0.4) is 0 Å². The smallest absolute Gasteiger partial charge is 0.0642 e. The summed E-state index contributed by atoms with van der Waals surface area (Å²) in [6, 6.07) is 5.94. The van der Waals surface area contributed by atoms with Crippen LogP contribution in [0.25, 0.3) is 0 Å². The van der Waals surface area contributed by atoms with Gasteiger partial charge in [-0.25, -0.2) is 0 Å². The minimum absolute atomic E-state index is 0.00425. The van der Waals surface area contributed by atoms with E-state index >= 15 is 0 Å². The van der Waals surface area contributed by atoms with Gasteiger partial charge < -0.3 is 10.6 Å². The van der Waals surface area contributed by atoms with Crippen molar-refractivity contribution in [2.24, 2.45) is 5.73 Å². The zero-order valence-electron chi connectivity index (χ0n) is 9.86. The average Bonchev–Trinajstić information content (AvgIpc) is 2.30. The molecule has 5 heteroatoms. The fourth-order valence-electron chi connectivity index (χ4n) is 1.94. The van der Waals surface area contributed by atoms with Gasteiger partial charge in [-0.15, -0.1) is 0 Å².